The lowest BCUT2D eigenvalue weighted by molar-refractivity contribution is -0.120. The number of nitrogens with zero attached hydrogens (tertiary/aromatic N) is 3. The highest BCUT2D eigenvalue weighted by atomic mass is 16.5. The smallest absolute Gasteiger partial charge is 0.224 e. The van der Waals surface area contributed by atoms with E-state index in [2.05, 4.69) is 15.6 Å². The quantitative estimate of drug-likeness (QED) is 0.871. The van der Waals surface area contributed by atoms with E-state index in [-0.39, 0.29) is 5.91 Å². The van der Waals surface area contributed by atoms with Crippen molar-refractivity contribution in [2.24, 2.45) is 7.05 Å². The van der Waals surface area contributed by atoms with Crippen LogP contribution in [0.4, 0.5) is 0 Å². The van der Waals surface area contributed by atoms with Crippen LogP contribution in [0.2, 0.25) is 0 Å². The highest BCUT2D eigenvalue weighted by molar-refractivity contribution is 5.78. The minimum atomic E-state index is -0.0479. The molecule has 0 saturated carbocycles. The van der Waals surface area contributed by atoms with Crippen molar-refractivity contribution in [3.8, 4) is 0 Å². The number of carbonyl (C=O) groups excluding carboxylic acids is 1. The maximum Gasteiger partial charge on any atom is 0.224 e. The summed E-state index contributed by atoms with van der Waals surface area (Å²) in [5.74, 6) is 0.650. The van der Waals surface area contributed by atoms with Crippen molar-refractivity contribution < 1.29 is 9.32 Å². The topological polar surface area (TPSA) is 73.0 Å². The Bertz CT molecular complexity index is 537. The molecule has 0 atom stereocenters. The summed E-state index contributed by atoms with van der Waals surface area (Å²) >= 11 is 0. The van der Waals surface area contributed by atoms with Gasteiger partial charge in [-0.05, 0) is 13.8 Å². The lowest BCUT2D eigenvalue weighted by Gasteiger charge is -2.03. The second-order valence-electron chi connectivity index (χ2n) is 4.28. The fourth-order valence-electron chi connectivity index (χ4n) is 1.74. The van der Waals surface area contributed by atoms with Crippen LogP contribution in [-0.2, 0) is 24.8 Å². The van der Waals surface area contributed by atoms with Crippen molar-refractivity contribution in [2.75, 3.05) is 0 Å². The fraction of sp³-hybridized carbons (Fsp3) is 0.417. The van der Waals surface area contributed by atoms with E-state index in [0.29, 0.717) is 18.7 Å². The number of nitrogens with one attached hydrogen (secondary N) is 1. The van der Waals surface area contributed by atoms with Crippen LogP contribution in [0.5, 0.6) is 0 Å². The van der Waals surface area contributed by atoms with Gasteiger partial charge < -0.3 is 9.84 Å². The minimum absolute atomic E-state index is 0.0479. The molecule has 96 valence electrons. The van der Waals surface area contributed by atoms with Crippen LogP contribution in [0.3, 0.4) is 0 Å². The first-order valence-corrected chi connectivity index (χ1v) is 5.72. The van der Waals surface area contributed by atoms with Crippen LogP contribution in [0.1, 0.15) is 22.6 Å². The third-order valence-corrected chi connectivity index (χ3v) is 2.77. The van der Waals surface area contributed by atoms with Gasteiger partial charge in [0.2, 0.25) is 5.91 Å². The number of amides is 1. The first-order chi connectivity index (χ1) is 8.56. The Balaban J connectivity index is 1.89. The van der Waals surface area contributed by atoms with Crippen LogP contribution in [0.15, 0.2) is 16.9 Å². The highest BCUT2D eigenvalue weighted by Gasteiger charge is 2.13. The average molecular weight is 248 g/mol. The number of carbonyl (C=O) groups is 1. The first kappa shape index (κ1) is 12.3. The molecule has 0 radical (unpaired) electrons. The van der Waals surface area contributed by atoms with Crippen molar-refractivity contribution in [3.63, 3.8) is 0 Å². The minimum Gasteiger partial charge on any atom is -0.361 e. The molecule has 0 aliphatic heterocycles. The van der Waals surface area contributed by atoms with Crippen molar-refractivity contribution in [1.82, 2.24) is 20.3 Å². The zero-order chi connectivity index (χ0) is 13.1. The summed E-state index contributed by atoms with van der Waals surface area (Å²) in [7, 11) is 1.84. The van der Waals surface area contributed by atoms with Crippen LogP contribution in [-0.4, -0.2) is 20.8 Å². The van der Waals surface area contributed by atoms with E-state index >= 15 is 0 Å². The van der Waals surface area contributed by atoms with Gasteiger partial charge in [0, 0.05) is 30.9 Å². The molecule has 2 rings (SSSR count). The predicted octanol–water partition coefficient (Wildman–Crippen LogP) is 0.884. The van der Waals surface area contributed by atoms with Crippen LogP contribution in [0.25, 0.3) is 0 Å². The summed E-state index contributed by atoms with van der Waals surface area (Å²) in [6.07, 6.45) is 3.90. The van der Waals surface area contributed by atoms with E-state index < -0.39 is 0 Å². The number of hydrogen-bond donors (Lipinski definition) is 1. The Morgan fingerprint density at radius 2 is 2.28 bits per heavy atom. The van der Waals surface area contributed by atoms with Gasteiger partial charge in [-0.25, -0.2) is 0 Å². The molecular formula is C12H16N4O2. The molecule has 0 unspecified atom stereocenters. The summed E-state index contributed by atoms with van der Waals surface area (Å²) in [5, 5.41) is 10.7. The Morgan fingerprint density at radius 1 is 1.50 bits per heavy atom. The lowest BCUT2D eigenvalue weighted by Crippen LogP contribution is -2.24. The zero-order valence-corrected chi connectivity index (χ0v) is 10.7. The lowest BCUT2D eigenvalue weighted by atomic mass is 10.1. The van der Waals surface area contributed by atoms with Gasteiger partial charge in [0.1, 0.15) is 5.76 Å². The van der Waals surface area contributed by atoms with E-state index in [0.717, 1.165) is 16.8 Å². The molecule has 0 aliphatic carbocycles. The Labute approximate surface area is 105 Å². The molecular weight excluding hydrogens is 232 g/mol. The molecule has 6 nitrogen and oxygen atoms in total. The number of aromatic nitrogens is 3. The molecule has 0 spiro atoms. The van der Waals surface area contributed by atoms with Crippen molar-refractivity contribution in [1.29, 1.82) is 0 Å². The number of aryl methyl sites for hydroxylation is 3. The van der Waals surface area contributed by atoms with Gasteiger partial charge in [0.15, 0.2) is 0 Å². The second-order valence-corrected chi connectivity index (χ2v) is 4.28. The van der Waals surface area contributed by atoms with Gasteiger partial charge in [-0.2, -0.15) is 5.10 Å². The SMILES string of the molecule is Cc1noc(C)c1CC(=O)NCc1cnn(C)c1. The van der Waals surface area contributed by atoms with E-state index in [1.165, 1.54) is 0 Å². The molecule has 2 heterocycles. The molecule has 18 heavy (non-hydrogen) atoms. The monoisotopic (exact) mass is 248 g/mol. The van der Waals surface area contributed by atoms with Crippen LogP contribution < -0.4 is 5.32 Å². The molecule has 1 N–H and O–H groups in total. The summed E-state index contributed by atoms with van der Waals surface area (Å²) < 4.78 is 6.72. The normalized spacial score (nSPS) is 10.6. The third kappa shape index (κ3) is 2.77. The molecule has 6 heteroatoms. The molecule has 2 aromatic heterocycles. The van der Waals surface area contributed by atoms with E-state index in [9.17, 15) is 4.79 Å². The molecule has 0 aliphatic rings. The second kappa shape index (κ2) is 5.03. The molecule has 0 aromatic carbocycles. The summed E-state index contributed by atoms with van der Waals surface area (Å²) in [4.78, 5) is 11.8. The van der Waals surface area contributed by atoms with E-state index in [1.807, 2.05) is 27.1 Å². The predicted molar refractivity (Wildman–Crippen MR) is 64.7 cm³/mol. The first-order valence-electron chi connectivity index (χ1n) is 5.72. The van der Waals surface area contributed by atoms with Gasteiger partial charge in [-0.3, -0.25) is 9.48 Å². The summed E-state index contributed by atoms with van der Waals surface area (Å²) in [6.45, 7) is 4.13. The van der Waals surface area contributed by atoms with Gasteiger partial charge in [-0.15, -0.1) is 0 Å². The Hall–Kier alpha value is -2.11. The standard InChI is InChI=1S/C12H16N4O2/c1-8-11(9(2)18-15-8)4-12(17)13-5-10-6-14-16(3)7-10/h6-7H,4-5H2,1-3H3,(H,13,17). The van der Waals surface area contributed by atoms with Crippen LogP contribution in [0, 0.1) is 13.8 Å². The Kier molecular flexibility index (Phi) is 3.45. The van der Waals surface area contributed by atoms with Crippen molar-refractivity contribution in [2.45, 2.75) is 26.8 Å². The molecule has 0 saturated heterocycles. The molecule has 0 bridgehead atoms. The largest absolute Gasteiger partial charge is 0.361 e. The molecule has 2 aromatic rings. The van der Waals surface area contributed by atoms with Crippen molar-refractivity contribution in [3.05, 3.63) is 35.0 Å². The van der Waals surface area contributed by atoms with Gasteiger partial charge in [-0.1, -0.05) is 5.16 Å². The summed E-state index contributed by atoms with van der Waals surface area (Å²) in [6, 6.07) is 0. The highest BCUT2D eigenvalue weighted by Crippen LogP contribution is 2.12. The van der Waals surface area contributed by atoms with Crippen molar-refractivity contribution >= 4 is 5.91 Å². The van der Waals surface area contributed by atoms with Crippen LogP contribution >= 0.6 is 0 Å². The molecule has 1 amide bonds. The number of rotatable bonds is 4. The average Bonchev–Trinajstić information content (AvgIpc) is 2.87. The molecule has 0 fully saturated rings. The zero-order valence-electron chi connectivity index (χ0n) is 10.7. The van der Waals surface area contributed by atoms with Gasteiger partial charge in [0.05, 0.1) is 18.3 Å². The fourth-order valence-corrected chi connectivity index (χ4v) is 1.74. The maximum absolute atomic E-state index is 11.8. The number of hydrogen-bond acceptors (Lipinski definition) is 4. The van der Waals surface area contributed by atoms with Gasteiger partial charge >= 0.3 is 0 Å². The Morgan fingerprint density at radius 3 is 2.83 bits per heavy atom. The third-order valence-electron chi connectivity index (χ3n) is 2.77. The maximum atomic E-state index is 11.8. The van der Waals surface area contributed by atoms with E-state index in [1.54, 1.807) is 10.9 Å². The summed E-state index contributed by atoms with van der Waals surface area (Å²) in [5.41, 5.74) is 2.60. The van der Waals surface area contributed by atoms with E-state index in [4.69, 9.17) is 4.52 Å². The van der Waals surface area contributed by atoms with Gasteiger partial charge in [0.25, 0.3) is 0 Å².